The maximum absolute atomic E-state index is 12.6. The van der Waals surface area contributed by atoms with Gasteiger partial charge in [-0.05, 0) is 38.8 Å². The molecule has 1 heterocycles. The van der Waals surface area contributed by atoms with Gasteiger partial charge in [0.05, 0.1) is 24.8 Å². The van der Waals surface area contributed by atoms with Gasteiger partial charge < -0.3 is 14.5 Å². The zero-order valence-electron chi connectivity index (χ0n) is 15.6. The van der Waals surface area contributed by atoms with Gasteiger partial charge in [0, 0.05) is 5.69 Å². The lowest BCUT2D eigenvalue weighted by Crippen LogP contribution is -2.26. The van der Waals surface area contributed by atoms with Crippen LogP contribution in [0.25, 0.3) is 0 Å². The van der Waals surface area contributed by atoms with Crippen LogP contribution in [0.4, 0.5) is 0 Å². The molecule has 2 rings (SSSR count). The van der Waals surface area contributed by atoms with E-state index in [1.807, 2.05) is 31.2 Å². The van der Waals surface area contributed by atoms with Gasteiger partial charge in [-0.15, -0.1) is 0 Å². The second-order valence-corrected chi connectivity index (χ2v) is 6.28. The van der Waals surface area contributed by atoms with Crippen molar-refractivity contribution in [3.05, 3.63) is 57.9 Å². The number of H-pyrrole nitrogens is 1. The normalized spacial score (nSPS) is 11.7. The lowest BCUT2D eigenvalue weighted by atomic mass is 10.1. The molecule has 26 heavy (non-hydrogen) atoms. The molecule has 138 valence electrons. The molecule has 0 saturated heterocycles. The van der Waals surface area contributed by atoms with Crippen molar-refractivity contribution in [1.82, 2.24) is 4.98 Å². The minimum Gasteiger partial charge on any atom is -0.465 e. The van der Waals surface area contributed by atoms with E-state index in [9.17, 15) is 14.4 Å². The summed E-state index contributed by atoms with van der Waals surface area (Å²) >= 11 is 0. The lowest BCUT2D eigenvalue weighted by molar-refractivity contribution is -0.145. The van der Waals surface area contributed by atoms with Gasteiger partial charge in [-0.3, -0.25) is 9.59 Å². The predicted octanol–water partition coefficient (Wildman–Crippen LogP) is 3.08. The fraction of sp³-hybridized carbons (Fsp3) is 0.350. The predicted molar refractivity (Wildman–Crippen MR) is 96.4 cm³/mol. The number of benzene rings is 1. The van der Waals surface area contributed by atoms with Crippen LogP contribution < -0.4 is 0 Å². The molecule has 6 heteroatoms. The van der Waals surface area contributed by atoms with E-state index in [2.05, 4.69) is 4.98 Å². The second kappa shape index (κ2) is 7.99. The third kappa shape index (κ3) is 4.20. The topological polar surface area (TPSA) is 85.5 Å². The van der Waals surface area contributed by atoms with Crippen LogP contribution in [0.3, 0.4) is 0 Å². The fourth-order valence-electron chi connectivity index (χ4n) is 2.77. The highest BCUT2D eigenvalue weighted by Gasteiger charge is 2.27. The van der Waals surface area contributed by atoms with Gasteiger partial charge in [0.1, 0.15) is 0 Å². The van der Waals surface area contributed by atoms with Crippen molar-refractivity contribution in [2.75, 3.05) is 7.11 Å². The number of rotatable bonds is 6. The molecule has 0 aliphatic rings. The van der Waals surface area contributed by atoms with Crippen molar-refractivity contribution >= 4 is 17.7 Å². The Labute approximate surface area is 152 Å². The monoisotopic (exact) mass is 357 g/mol. The number of ketones is 1. The van der Waals surface area contributed by atoms with E-state index in [4.69, 9.17) is 9.47 Å². The van der Waals surface area contributed by atoms with Crippen molar-refractivity contribution in [1.29, 1.82) is 0 Å². The van der Waals surface area contributed by atoms with Crippen LogP contribution >= 0.6 is 0 Å². The molecule has 1 atom stereocenters. The smallest absolute Gasteiger partial charge is 0.339 e. The second-order valence-electron chi connectivity index (χ2n) is 6.28. The fourth-order valence-corrected chi connectivity index (χ4v) is 2.77. The van der Waals surface area contributed by atoms with E-state index in [0.29, 0.717) is 16.8 Å². The maximum Gasteiger partial charge on any atom is 0.339 e. The summed E-state index contributed by atoms with van der Waals surface area (Å²) < 4.78 is 10.0. The number of esters is 2. The number of aromatic nitrogens is 1. The van der Waals surface area contributed by atoms with Crippen molar-refractivity contribution in [3.63, 3.8) is 0 Å². The Hall–Kier alpha value is -2.89. The minimum absolute atomic E-state index is 0.0913. The van der Waals surface area contributed by atoms with E-state index in [-0.39, 0.29) is 12.1 Å². The van der Waals surface area contributed by atoms with Crippen molar-refractivity contribution in [2.45, 2.75) is 40.2 Å². The van der Waals surface area contributed by atoms with Crippen LogP contribution in [0.5, 0.6) is 0 Å². The van der Waals surface area contributed by atoms with Crippen LogP contribution in [0, 0.1) is 20.8 Å². The summed E-state index contributed by atoms with van der Waals surface area (Å²) in [5, 5.41) is 0. The number of aryl methyl sites for hydroxylation is 2. The summed E-state index contributed by atoms with van der Waals surface area (Å²) in [5.41, 5.74) is 3.52. The number of ether oxygens (including phenoxy) is 2. The molecule has 1 aromatic carbocycles. The number of nitrogens with one attached hydrogen (secondary N) is 1. The van der Waals surface area contributed by atoms with E-state index in [0.717, 1.165) is 11.1 Å². The molecule has 0 fully saturated rings. The molecule has 0 bridgehead atoms. The third-order valence-electron chi connectivity index (χ3n) is 4.22. The number of aromatic amines is 1. The van der Waals surface area contributed by atoms with Crippen molar-refractivity contribution in [3.8, 4) is 0 Å². The van der Waals surface area contributed by atoms with Gasteiger partial charge in [0.25, 0.3) is 0 Å². The van der Waals surface area contributed by atoms with Crippen LogP contribution in [0.15, 0.2) is 24.3 Å². The minimum atomic E-state index is -0.963. The molecule has 6 nitrogen and oxygen atoms in total. The first-order chi connectivity index (χ1) is 12.2. The Bertz CT molecular complexity index is 833. The summed E-state index contributed by atoms with van der Waals surface area (Å²) in [6.07, 6.45) is -0.871. The molecule has 0 saturated carbocycles. The van der Waals surface area contributed by atoms with Crippen molar-refractivity contribution in [2.24, 2.45) is 0 Å². The Morgan fingerprint density at radius 2 is 1.69 bits per heavy atom. The standard InChI is InChI=1S/C20H23NO5/c1-11-6-8-15(9-7-11)10-16(22)26-14(4)19(23)18-12(2)17(13(3)21-18)20(24)25-5/h6-9,14,21H,10H2,1-5H3. The molecule has 0 aliphatic heterocycles. The number of carbonyl (C=O) groups is 3. The van der Waals surface area contributed by atoms with Crippen LogP contribution in [-0.2, 0) is 20.7 Å². The first kappa shape index (κ1) is 19.4. The van der Waals surface area contributed by atoms with Crippen LogP contribution in [0.1, 0.15) is 50.2 Å². The molecular weight excluding hydrogens is 334 g/mol. The molecule has 0 spiro atoms. The molecule has 1 N–H and O–H groups in total. The number of Topliss-reactive ketones (excluding diaryl/α,β-unsaturated/α-hetero) is 1. The molecule has 0 radical (unpaired) electrons. The quantitative estimate of drug-likeness (QED) is 0.634. The first-order valence-corrected chi connectivity index (χ1v) is 8.31. The van der Waals surface area contributed by atoms with Crippen molar-refractivity contribution < 1.29 is 23.9 Å². The Kier molecular flexibility index (Phi) is 5.97. The Morgan fingerprint density at radius 1 is 1.08 bits per heavy atom. The summed E-state index contributed by atoms with van der Waals surface area (Å²) in [7, 11) is 1.28. The molecule has 0 amide bonds. The number of hydrogen-bond donors (Lipinski definition) is 1. The highest BCUT2D eigenvalue weighted by molar-refractivity contribution is 6.04. The van der Waals surface area contributed by atoms with Crippen LogP contribution in [-0.4, -0.2) is 35.9 Å². The Morgan fingerprint density at radius 3 is 2.27 bits per heavy atom. The maximum atomic E-state index is 12.6. The first-order valence-electron chi connectivity index (χ1n) is 8.31. The third-order valence-corrected chi connectivity index (χ3v) is 4.22. The average molecular weight is 357 g/mol. The lowest BCUT2D eigenvalue weighted by Gasteiger charge is -2.12. The Balaban J connectivity index is 2.08. The van der Waals surface area contributed by atoms with Gasteiger partial charge in [-0.1, -0.05) is 29.8 Å². The van der Waals surface area contributed by atoms with E-state index in [1.54, 1.807) is 13.8 Å². The van der Waals surface area contributed by atoms with Gasteiger partial charge >= 0.3 is 11.9 Å². The summed E-state index contributed by atoms with van der Waals surface area (Å²) in [6.45, 7) is 6.82. The van der Waals surface area contributed by atoms with Crippen LogP contribution in [0.2, 0.25) is 0 Å². The summed E-state index contributed by atoms with van der Waals surface area (Å²) in [5.74, 6) is -1.39. The number of hydrogen-bond acceptors (Lipinski definition) is 5. The molecule has 2 aromatic rings. The average Bonchev–Trinajstić information content (AvgIpc) is 2.90. The highest BCUT2D eigenvalue weighted by Crippen LogP contribution is 2.21. The van der Waals surface area contributed by atoms with Gasteiger partial charge in [0.15, 0.2) is 6.10 Å². The molecule has 1 unspecified atom stereocenters. The SMILES string of the molecule is COC(=O)c1c(C)[nH]c(C(=O)C(C)OC(=O)Cc2ccc(C)cc2)c1C. The highest BCUT2D eigenvalue weighted by atomic mass is 16.5. The zero-order valence-corrected chi connectivity index (χ0v) is 15.6. The van der Waals surface area contributed by atoms with E-state index >= 15 is 0 Å². The largest absolute Gasteiger partial charge is 0.465 e. The molecule has 1 aromatic heterocycles. The van der Waals surface area contributed by atoms with Gasteiger partial charge in [-0.2, -0.15) is 0 Å². The van der Waals surface area contributed by atoms with Gasteiger partial charge in [-0.25, -0.2) is 4.79 Å². The number of carbonyl (C=O) groups excluding carboxylic acids is 3. The zero-order chi connectivity index (χ0) is 19.4. The molecular formula is C20H23NO5. The number of methoxy groups -OCH3 is 1. The van der Waals surface area contributed by atoms with Gasteiger partial charge in [0.2, 0.25) is 5.78 Å². The van der Waals surface area contributed by atoms with E-state index in [1.165, 1.54) is 14.0 Å². The molecule has 0 aliphatic carbocycles. The van der Waals surface area contributed by atoms with E-state index < -0.39 is 23.8 Å². The summed E-state index contributed by atoms with van der Waals surface area (Å²) in [6, 6.07) is 7.53. The summed E-state index contributed by atoms with van der Waals surface area (Å²) in [4.78, 5) is 39.4.